The summed E-state index contributed by atoms with van der Waals surface area (Å²) in [5.41, 5.74) is 0.329. The Morgan fingerprint density at radius 1 is 1.38 bits per heavy atom. The predicted molar refractivity (Wildman–Crippen MR) is 61.5 cm³/mol. The van der Waals surface area contributed by atoms with Crippen LogP contribution in [0.2, 0.25) is 0 Å². The molecule has 5 atom stereocenters. The molecule has 2 unspecified atom stereocenters. The summed E-state index contributed by atoms with van der Waals surface area (Å²) in [6.07, 6.45) is 7.76. The lowest BCUT2D eigenvalue weighted by atomic mass is 9.41. The van der Waals surface area contributed by atoms with Gasteiger partial charge in [-0.2, -0.15) is 5.26 Å². The van der Waals surface area contributed by atoms with Crippen molar-refractivity contribution in [3.8, 4) is 6.07 Å². The Morgan fingerprint density at radius 3 is 2.88 bits per heavy atom. The Labute approximate surface area is 97.7 Å². The van der Waals surface area contributed by atoms with Crippen molar-refractivity contribution in [2.75, 3.05) is 0 Å². The van der Waals surface area contributed by atoms with Crippen molar-refractivity contribution in [3.05, 3.63) is 0 Å². The monoisotopic (exact) mass is 219 g/mol. The molecular formula is C14H21NO. The highest BCUT2D eigenvalue weighted by atomic mass is 16.3. The van der Waals surface area contributed by atoms with Crippen LogP contribution in [0.4, 0.5) is 0 Å². The molecule has 88 valence electrons. The maximum absolute atomic E-state index is 10.1. The molecule has 0 aliphatic heterocycles. The molecule has 2 nitrogen and oxygen atoms in total. The van der Waals surface area contributed by atoms with Crippen molar-refractivity contribution in [1.29, 1.82) is 5.26 Å². The summed E-state index contributed by atoms with van der Waals surface area (Å²) in [5.74, 6) is 1.11. The zero-order valence-corrected chi connectivity index (χ0v) is 10.1. The van der Waals surface area contributed by atoms with Gasteiger partial charge in [0.25, 0.3) is 0 Å². The second-order valence-electron chi connectivity index (χ2n) is 6.23. The van der Waals surface area contributed by atoms with Crippen molar-refractivity contribution in [3.63, 3.8) is 0 Å². The van der Waals surface area contributed by atoms with Crippen molar-refractivity contribution < 1.29 is 5.11 Å². The van der Waals surface area contributed by atoms with E-state index in [-0.39, 0.29) is 11.5 Å². The standard InChI is InChI=1S/C14H21NO/c1-2-13(9-15)8-14-7-3-4-11(16)10(14)5-6-12(13)14/h10-12,16H,2-8H2,1H3/t10?,11-,12?,13-,14+/m0/s1. The molecule has 0 aromatic heterocycles. The number of rotatable bonds is 1. The van der Waals surface area contributed by atoms with E-state index in [1.54, 1.807) is 0 Å². The lowest BCUT2D eigenvalue weighted by Crippen LogP contribution is -2.58. The Kier molecular flexibility index (Phi) is 2.14. The summed E-state index contributed by atoms with van der Waals surface area (Å²) >= 11 is 0. The van der Waals surface area contributed by atoms with Gasteiger partial charge in [0.05, 0.1) is 17.6 Å². The minimum Gasteiger partial charge on any atom is -0.393 e. The smallest absolute Gasteiger partial charge is 0.0693 e. The highest BCUT2D eigenvalue weighted by Crippen LogP contribution is 2.73. The molecule has 16 heavy (non-hydrogen) atoms. The van der Waals surface area contributed by atoms with E-state index < -0.39 is 0 Å². The van der Waals surface area contributed by atoms with E-state index in [0.717, 1.165) is 25.7 Å². The molecule has 0 saturated heterocycles. The molecule has 3 fully saturated rings. The third-order valence-electron chi connectivity index (χ3n) is 5.97. The van der Waals surface area contributed by atoms with Gasteiger partial charge >= 0.3 is 0 Å². The number of nitrogens with zero attached hydrogens (tertiary/aromatic N) is 1. The van der Waals surface area contributed by atoms with Crippen LogP contribution in [0.3, 0.4) is 0 Å². The van der Waals surface area contributed by atoms with Crippen LogP contribution in [0.15, 0.2) is 0 Å². The van der Waals surface area contributed by atoms with E-state index in [1.165, 1.54) is 19.3 Å². The number of nitriles is 1. The Hall–Kier alpha value is -0.550. The summed E-state index contributed by atoms with van der Waals surface area (Å²) in [6, 6.07) is 2.60. The van der Waals surface area contributed by atoms with Gasteiger partial charge < -0.3 is 5.11 Å². The predicted octanol–water partition coefficient (Wildman–Crippen LogP) is 2.87. The Balaban J connectivity index is 1.91. The molecular weight excluding hydrogens is 198 g/mol. The molecule has 0 aromatic carbocycles. The fraction of sp³-hybridized carbons (Fsp3) is 0.929. The summed E-state index contributed by atoms with van der Waals surface area (Å²) in [7, 11) is 0. The summed E-state index contributed by atoms with van der Waals surface area (Å²) in [5, 5.41) is 19.6. The molecule has 0 bridgehead atoms. The molecule has 1 spiro atoms. The fourth-order valence-electron chi connectivity index (χ4n) is 5.27. The summed E-state index contributed by atoms with van der Waals surface area (Å²) in [4.78, 5) is 0. The minimum atomic E-state index is -0.0766. The first-order valence-corrected chi connectivity index (χ1v) is 6.78. The van der Waals surface area contributed by atoms with E-state index in [4.69, 9.17) is 0 Å². The third kappa shape index (κ3) is 1.01. The van der Waals surface area contributed by atoms with Crippen molar-refractivity contribution in [1.82, 2.24) is 0 Å². The topological polar surface area (TPSA) is 44.0 Å². The molecule has 3 rings (SSSR count). The number of aliphatic hydroxyl groups excluding tert-OH is 1. The lowest BCUT2D eigenvalue weighted by Gasteiger charge is -2.61. The minimum absolute atomic E-state index is 0.0359. The molecule has 0 radical (unpaired) electrons. The second kappa shape index (κ2) is 3.23. The third-order valence-corrected chi connectivity index (χ3v) is 5.97. The van der Waals surface area contributed by atoms with Gasteiger partial charge in [-0.25, -0.2) is 0 Å². The summed E-state index contributed by atoms with van der Waals surface area (Å²) < 4.78 is 0. The van der Waals surface area contributed by atoms with E-state index in [2.05, 4.69) is 13.0 Å². The van der Waals surface area contributed by atoms with Gasteiger partial charge in [0.15, 0.2) is 0 Å². The largest absolute Gasteiger partial charge is 0.393 e. The molecule has 2 heteroatoms. The van der Waals surface area contributed by atoms with Gasteiger partial charge in [0.2, 0.25) is 0 Å². The zero-order chi connectivity index (χ0) is 11.4. The van der Waals surface area contributed by atoms with Crippen molar-refractivity contribution >= 4 is 0 Å². The van der Waals surface area contributed by atoms with Gasteiger partial charge in [-0.15, -0.1) is 0 Å². The zero-order valence-electron chi connectivity index (χ0n) is 10.1. The normalized spacial score (nSPS) is 54.7. The maximum atomic E-state index is 10.1. The molecule has 3 aliphatic rings. The van der Waals surface area contributed by atoms with Crippen LogP contribution >= 0.6 is 0 Å². The van der Waals surface area contributed by atoms with Crippen LogP contribution in [0.25, 0.3) is 0 Å². The highest BCUT2D eigenvalue weighted by molar-refractivity contribution is 5.23. The number of hydrogen-bond acceptors (Lipinski definition) is 2. The first kappa shape index (κ1) is 10.6. The maximum Gasteiger partial charge on any atom is 0.0693 e. The molecule has 3 aliphatic carbocycles. The van der Waals surface area contributed by atoms with E-state index in [9.17, 15) is 10.4 Å². The van der Waals surface area contributed by atoms with Gasteiger partial charge in [-0.1, -0.05) is 13.3 Å². The van der Waals surface area contributed by atoms with Crippen LogP contribution in [-0.4, -0.2) is 11.2 Å². The molecule has 0 heterocycles. The van der Waals surface area contributed by atoms with E-state index in [0.29, 0.717) is 17.3 Å². The molecule has 3 saturated carbocycles. The van der Waals surface area contributed by atoms with Crippen molar-refractivity contribution in [2.45, 2.75) is 58.0 Å². The van der Waals surface area contributed by atoms with Crippen molar-refractivity contribution in [2.24, 2.45) is 22.7 Å². The average Bonchev–Trinajstić information content (AvgIpc) is 2.58. The van der Waals surface area contributed by atoms with E-state index >= 15 is 0 Å². The quantitative estimate of drug-likeness (QED) is 0.737. The van der Waals surface area contributed by atoms with Gasteiger partial charge in [-0.3, -0.25) is 0 Å². The molecule has 1 N–H and O–H groups in total. The van der Waals surface area contributed by atoms with Crippen LogP contribution in [0.5, 0.6) is 0 Å². The SMILES string of the molecule is CC[C@@]1(C#N)C[C@]23CCC[C@H](O)C2CCC13. The van der Waals surface area contributed by atoms with Crippen LogP contribution < -0.4 is 0 Å². The van der Waals surface area contributed by atoms with Gasteiger partial charge in [-0.05, 0) is 55.8 Å². The van der Waals surface area contributed by atoms with Gasteiger partial charge in [0, 0.05) is 0 Å². The summed E-state index contributed by atoms with van der Waals surface area (Å²) in [6.45, 7) is 2.16. The van der Waals surface area contributed by atoms with Gasteiger partial charge in [0.1, 0.15) is 0 Å². The average molecular weight is 219 g/mol. The number of hydrogen-bond donors (Lipinski definition) is 1. The fourth-order valence-corrected chi connectivity index (χ4v) is 5.27. The Morgan fingerprint density at radius 2 is 2.19 bits per heavy atom. The van der Waals surface area contributed by atoms with Crippen LogP contribution in [0.1, 0.15) is 51.9 Å². The highest BCUT2D eigenvalue weighted by Gasteiger charge is 2.69. The first-order chi connectivity index (χ1) is 7.68. The molecule has 0 amide bonds. The van der Waals surface area contributed by atoms with E-state index in [1.807, 2.05) is 0 Å². The molecule has 0 aromatic rings. The van der Waals surface area contributed by atoms with Crippen LogP contribution in [0, 0.1) is 34.0 Å². The second-order valence-corrected chi connectivity index (χ2v) is 6.23. The Bertz CT molecular complexity index is 347. The first-order valence-electron chi connectivity index (χ1n) is 6.78. The number of aliphatic hydroxyl groups is 1. The van der Waals surface area contributed by atoms with Crippen LogP contribution in [-0.2, 0) is 0 Å². The lowest BCUT2D eigenvalue weighted by molar-refractivity contribution is -0.146.